The standard InChI is InChI=1S/C8H13NO2S/c1-2-11-8(10)3-6-4-12-5-7(6)9/h4-5,8,10H,2-3,9H2,1H3. The second kappa shape index (κ2) is 4.45. The van der Waals surface area contributed by atoms with Crippen molar-refractivity contribution in [1.82, 2.24) is 0 Å². The van der Waals surface area contributed by atoms with Gasteiger partial charge in [0.25, 0.3) is 0 Å². The first-order valence-electron chi connectivity index (χ1n) is 3.84. The van der Waals surface area contributed by atoms with Crippen LogP contribution in [-0.2, 0) is 11.2 Å². The predicted octanol–water partition coefficient (Wildman–Crippen LogP) is 1.23. The minimum Gasteiger partial charge on any atom is -0.398 e. The van der Waals surface area contributed by atoms with E-state index in [1.807, 2.05) is 17.7 Å². The number of nitrogens with two attached hydrogens (primary N) is 1. The second-order valence-electron chi connectivity index (χ2n) is 2.47. The van der Waals surface area contributed by atoms with E-state index in [0.717, 1.165) is 11.3 Å². The summed E-state index contributed by atoms with van der Waals surface area (Å²) < 4.78 is 4.97. The van der Waals surface area contributed by atoms with Gasteiger partial charge in [0, 0.05) is 24.1 Å². The summed E-state index contributed by atoms with van der Waals surface area (Å²) in [5, 5.41) is 13.1. The molecule has 1 unspecified atom stereocenters. The minimum atomic E-state index is -0.730. The van der Waals surface area contributed by atoms with Crippen molar-refractivity contribution in [2.75, 3.05) is 12.3 Å². The number of anilines is 1. The van der Waals surface area contributed by atoms with E-state index in [1.54, 1.807) is 0 Å². The summed E-state index contributed by atoms with van der Waals surface area (Å²) in [4.78, 5) is 0. The van der Waals surface area contributed by atoms with Crippen molar-refractivity contribution < 1.29 is 9.84 Å². The molecule has 68 valence electrons. The van der Waals surface area contributed by atoms with Crippen molar-refractivity contribution >= 4 is 17.0 Å². The number of hydrogen-bond acceptors (Lipinski definition) is 4. The summed E-state index contributed by atoms with van der Waals surface area (Å²) in [7, 11) is 0. The number of thiophene rings is 1. The fraction of sp³-hybridized carbons (Fsp3) is 0.500. The van der Waals surface area contributed by atoms with Gasteiger partial charge in [0.15, 0.2) is 6.29 Å². The van der Waals surface area contributed by atoms with Gasteiger partial charge >= 0.3 is 0 Å². The Morgan fingerprint density at radius 3 is 2.92 bits per heavy atom. The molecule has 3 N–H and O–H groups in total. The van der Waals surface area contributed by atoms with Crippen LogP contribution in [0.1, 0.15) is 12.5 Å². The van der Waals surface area contributed by atoms with E-state index in [-0.39, 0.29) is 0 Å². The smallest absolute Gasteiger partial charge is 0.158 e. The van der Waals surface area contributed by atoms with Crippen molar-refractivity contribution in [3.63, 3.8) is 0 Å². The maximum Gasteiger partial charge on any atom is 0.158 e. The van der Waals surface area contributed by atoms with Crippen LogP contribution < -0.4 is 5.73 Å². The van der Waals surface area contributed by atoms with Crippen LogP contribution in [-0.4, -0.2) is 18.0 Å². The average Bonchev–Trinajstić information content (AvgIpc) is 2.37. The van der Waals surface area contributed by atoms with E-state index in [4.69, 9.17) is 10.5 Å². The van der Waals surface area contributed by atoms with Gasteiger partial charge < -0.3 is 15.6 Å². The first-order valence-corrected chi connectivity index (χ1v) is 4.78. The molecule has 1 atom stereocenters. The molecule has 12 heavy (non-hydrogen) atoms. The largest absolute Gasteiger partial charge is 0.398 e. The first-order chi connectivity index (χ1) is 5.74. The Labute approximate surface area is 75.8 Å². The summed E-state index contributed by atoms with van der Waals surface area (Å²) in [6.07, 6.45) is -0.254. The summed E-state index contributed by atoms with van der Waals surface area (Å²) >= 11 is 1.53. The van der Waals surface area contributed by atoms with E-state index < -0.39 is 6.29 Å². The Balaban J connectivity index is 2.46. The highest BCUT2D eigenvalue weighted by atomic mass is 32.1. The van der Waals surface area contributed by atoms with E-state index >= 15 is 0 Å². The number of nitrogen functional groups attached to an aromatic ring is 1. The molecule has 1 aromatic heterocycles. The maximum atomic E-state index is 9.27. The molecule has 0 radical (unpaired) electrons. The minimum absolute atomic E-state index is 0.475. The molecule has 0 saturated carbocycles. The van der Waals surface area contributed by atoms with Crippen LogP contribution >= 0.6 is 11.3 Å². The van der Waals surface area contributed by atoms with E-state index in [1.165, 1.54) is 11.3 Å². The van der Waals surface area contributed by atoms with Gasteiger partial charge in [0.1, 0.15) is 0 Å². The number of aliphatic hydroxyl groups is 1. The summed E-state index contributed by atoms with van der Waals surface area (Å²) in [5.74, 6) is 0. The molecule has 0 aromatic carbocycles. The van der Waals surface area contributed by atoms with Gasteiger partial charge in [-0.2, -0.15) is 0 Å². The van der Waals surface area contributed by atoms with Crippen molar-refractivity contribution in [2.45, 2.75) is 19.6 Å². The van der Waals surface area contributed by atoms with Gasteiger partial charge in [0.2, 0.25) is 0 Å². The quantitative estimate of drug-likeness (QED) is 0.697. The molecule has 4 heteroatoms. The molecule has 0 fully saturated rings. The number of aliphatic hydroxyl groups excluding tert-OH is 1. The molecular formula is C8H13NO2S. The maximum absolute atomic E-state index is 9.27. The van der Waals surface area contributed by atoms with Gasteiger partial charge in [0.05, 0.1) is 0 Å². The van der Waals surface area contributed by atoms with E-state index in [9.17, 15) is 5.11 Å². The highest BCUT2D eigenvalue weighted by Gasteiger charge is 2.07. The fourth-order valence-electron chi connectivity index (χ4n) is 0.939. The van der Waals surface area contributed by atoms with Crippen LogP contribution in [0.2, 0.25) is 0 Å². The van der Waals surface area contributed by atoms with Crippen LogP contribution in [0.15, 0.2) is 10.8 Å². The molecule has 0 bridgehead atoms. The van der Waals surface area contributed by atoms with Crippen molar-refractivity contribution in [2.24, 2.45) is 0 Å². The zero-order valence-corrected chi connectivity index (χ0v) is 7.80. The Hall–Kier alpha value is -0.580. The Morgan fingerprint density at radius 2 is 2.42 bits per heavy atom. The summed E-state index contributed by atoms with van der Waals surface area (Å²) in [5.41, 5.74) is 7.32. The predicted molar refractivity (Wildman–Crippen MR) is 50.1 cm³/mol. The van der Waals surface area contributed by atoms with Gasteiger partial charge in [-0.05, 0) is 17.9 Å². The highest BCUT2D eigenvalue weighted by molar-refractivity contribution is 7.08. The van der Waals surface area contributed by atoms with Gasteiger partial charge in [-0.25, -0.2) is 0 Å². The summed E-state index contributed by atoms with van der Waals surface area (Å²) in [6.45, 7) is 2.37. The summed E-state index contributed by atoms with van der Waals surface area (Å²) in [6, 6.07) is 0. The molecule has 0 spiro atoms. The molecular weight excluding hydrogens is 174 g/mol. The zero-order chi connectivity index (χ0) is 8.97. The second-order valence-corrected chi connectivity index (χ2v) is 3.21. The lowest BCUT2D eigenvalue weighted by atomic mass is 10.2. The van der Waals surface area contributed by atoms with Crippen molar-refractivity contribution in [3.8, 4) is 0 Å². The van der Waals surface area contributed by atoms with Crippen molar-refractivity contribution in [1.29, 1.82) is 0 Å². The molecule has 0 saturated heterocycles. The molecule has 1 heterocycles. The molecule has 0 aliphatic rings. The molecule has 0 aliphatic carbocycles. The monoisotopic (exact) mass is 187 g/mol. The van der Waals surface area contributed by atoms with Crippen LogP contribution in [0, 0.1) is 0 Å². The third-order valence-electron chi connectivity index (χ3n) is 1.53. The first kappa shape index (κ1) is 9.51. The van der Waals surface area contributed by atoms with E-state index in [0.29, 0.717) is 13.0 Å². The number of ether oxygens (including phenoxy) is 1. The molecule has 0 aliphatic heterocycles. The lowest BCUT2D eigenvalue weighted by Gasteiger charge is -2.09. The Morgan fingerprint density at radius 1 is 1.67 bits per heavy atom. The van der Waals surface area contributed by atoms with Crippen molar-refractivity contribution in [3.05, 3.63) is 16.3 Å². The SMILES string of the molecule is CCOC(O)Cc1cscc1N. The van der Waals surface area contributed by atoms with Crippen LogP contribution in [0.3, 0.4) is 0 Å². The highest BCUT2D eigenvalue weighted by Crippen LogP contribution is 2.18. The van der Waals surface area contributed by atoms with E-state index in [2.05, 4.69) is 0 Å². The molecule has 1 aromatic rings. The third kappa shape index (κ3) is 2.48. The molecule has 3 nitrogen and oxygen atoms in total. The van der Waals surface area contributed by atoms with Crippen LogP contribution in [0.4, 0.5) is 5.69 Å². The normalized spacial score (nSPS) is 13.2. The lowest BCUT2D eigenvalue weighted by Crippen LogP contribution is -2.15. The van der Waals surface area contributed by atoms with Crippen LogP contribution in [0.5, 0.6) is 0 Å². The average molecular weight is 187 g/mol. The Kier molecular flexibility index (Phi) is 3.52. The fourth-order valence-corrected chi connectivity index (χ4v) is 1.70. The molecule has 0 amide bonds. The zero-order valence-electron chi connectivity index (χ0n) is 6.99. The molecule has 1 rings (SSSR count). The topological polar surface area (TPSA) is 55.5 Å². The van der Waals surface area contributed by atoms with Gasteiger partial charge in [-0.15, -0.1) is 11.3 Å². The number of rotatable bonds is 4. The van der Waals surface area contributed by atoms with Crippen LogP contribution in [0.25, 0.3) is 0 Å². The third-order valence-corrected chi connectivity index (χ3v) is 2.34. The number of hydrogen-bond donors (Lipinski definition) is 2. The van der Waals surface area contributed by atoms with Gasteiger partial charge in [-0.3, -0.25) is 0 Å². The Bertz CT molecular complexity index is 237. The lowest BCUT2D eigenvalue weighted by molar-refractivity contribution is -0.0926. The van der Waals surface area contributed by atoms with Gasteiger partial charge in [-0.1, -0.05) is 0 Å².